The SMILES string of the molecule is [C](=Cc1ccccc1)Cc1ccccc1. The van der Waals surface area contributed by atoms with Crippen molar-refractivity contribution in [3.05, 3.63) is 77.9 Å². The molecule has 0 heterocycles. The summed E-state index contributed by atoms with van der Waals surface area (Å²) in [4.78, 5) is 0. The average molecular weight is 193 g/mol. The van der Waals surface area contributed by atoms with Gasteiger partial charge < -0.3 is 0 Å². The van der Waals surface area contributed by atoms with E-state index < -0.39 is 0 Å². The molecular formula is C15H13. The largest absolute Gasteiger partial charge is 0.0622 e. The first kappa shape index (κ1) is 9.72. The molecule has 0 amide bonds. The van der Waals surface area contributed by atoms with Crippen molar-refractivity contribution < 1.29 is 0 Å². The van der Waals surface area contributed by atoms with Crippen LogP contribution in [0.2, 0.25) is 0 Å². The Labute approximate surface area is 90.9 Å². The summed E-state index contributed by atoms with van der Waals surface area (Å²) in [6.45, 7) is 0. The highest BCUT2D eigenvalue weighted by Gasteiger charge is 1.87. The third-order valence-electron chi connectivity index (χ3n) is 2.22. The Balaban J connectivity index is 1.97. The van der Waals surface area contributed by atoms with Gasteiger partial charge in [0.2, 0.25) is 0 Å². The van der Waals surface area contributed by atoms with Gasteiger partial charge in [0, 0.05) is 0 Å². The van der Waals surface area contributed by atoms with E-state index in [9.17, 15) is 0 Å². The summed E-state index contributed by atoms with van der Waals surface area (Å²) in [6.07, 6.45) is 6.20. The minimum atomic E-state index is 0.871. The van der Waals surface area contributed by atoms with Crippen LogP contribution in [0.3, 0.4) is 0 Å². The van der Waals surface area contributed by atoms with E-state index in [1.807, 2.05) is 30.3 Å². The van der Waals surface area contributed by atoms with Gasteiger partial charge in [0.05, 0.1) is 0 Å². The van der Waals surface area contributed by atoms with E-state index in [-0.39, 0.29) is 0 Å². The third-order valence-corrected chi connectivity index (χ3v) is 2.22. The molecule has 0 atom stereocenters. The highest BCUT2D eigenvalue weighted by molar-refractivity contribution is 5.47. The second-order valence-electron chi connectivity index (χ2n) is 3.42. The molecule has 0 aliphatic heterocycles. The predicted octanol–water partition coefficient (Wildman–Crippen LogP) is 3.75. The quantitative estimate of drug-likeness (QED) is 0.696. The number of benzene rings is 2. The Morgan fingerprint density at radius 1 is 0.800 bits per heavy atom. The second kappa shape index (κ2) is 5.16. The molecular weight excluding hydrogens is 180 g/mol. The normalized spacial score (nSPS) is 10.7. The molecule has 0 heteroatoms. The second-order valence-corrected chi connectivity index (χ2v) is 3.42. The Hall–Kier alpha value is -1.82. The fraction of sp³-hybridized carbons (Fsp3) is 0.0667. The smallest absolute Gasteiger partial charge is 0.00227 e. The molecule has 2 aromatic carbocycles. The monoisotopic (exact) mass is 193 g/mol. The van der Waals surface area contributed by atoms with Crippen molar-refractivity contribution in [2.24, 2.45) is 0 Å². The summed E-state index contributed by atoms with van der Waals surface area (Å²) in [7, 11) is 0. The lowest BCUT2D eigenvalue weighted by molar-refractivity contribution is 1.24. The summed E-state index contributed by atoms with van der Waals surface area (Å²) in [5.74, 6) is 0. The Morgan fingerprint density at radius 3 is 2.07 bits per heavy atom. The van der Waals surface area contributed by atoms with Gasteiger partial charge in [-0.1, -0.05) is 66.7 Å². The molecule has 0 saturated heterocycles. The Bertz CT molecular complexity index is 412. The van der Waals surface area contributed by atoms with Crippen LogP contribution in [0.1, 0.15) is 11.1 Å². The van der Waals surface area contributed by atoms with Gasteiger partial charge >= 0.3 is 0 Å². The maximum Gasteiger partial charge on any atom is -0.00227 e. The molecule has 0 fully saturated rings. The van der Waals surface area contributed by atoms with Crippen LogP contribution in [0.4, 0.5) is 0 Å². The first-order valence-electron chi connectivity index (χ1n) is 5.11. The van der Waals surface area contributed by atoms with E-state index in [4.69, 9.17) is 0 Å². The predicted molar refractivity (Wildman–Crippen MR) is 64.3 cm³/mol. The molecule has 0 aromatic heterocycles. The molecule has 0 aliphatic rings. The fourth-order valence-electron chi connectivity index (χ4n) is 1.43. The lowest BCUT2D eigenvalue weighted by Gasteiger charge is -1.94. The minimum Gasteiger partial charge on any atom is -0.0622 e. The first-order chi connectivity index (χ1) is 7.45. The van der Waals surface area contributed by atoms with E-state index in [1.54, 1.807) is 0 Å². The molecule has 0 unspecified atom stereocenters. The van der Waals surface area contributed by atoms with Crippen molar-refractivity contribution in [2.45, 2.75) is 6.42 Å². The van der Waals surface area contributed by atoms with Crippen molar-refractivity contribution in [1.29, 1.82) is 0 Å². The molecule has 15 heavy (non-hydrogen) atoms. The zero-order valence-corrected chi connectivity index (χ0v) is 8.56. The topological polar surface area (TPSA) is 0 Å². The summed E-state index contributed by atoms with van der Waals surface area (Å²) in [5.41, 5.74) is 2.50. The van der Waals surface area contributed by atoms with E-state index in [0.29, 0.717) is 0 Å². The van der Waals surface area contributed by atoms with Crippen molar-refractivity contribution in [3.8, 4) is 0 Å². The van der Waals surface area contributed by atoms with Crippen LogP contribution in [0, 0.1) is 6.08 Å². The molecule has 0 aliphatic carbocycles. The molecule has 0 bridgehead atoms. The van der Waals surface area contributed by atoms with Crippen LogP contribution >= 0.6 is 0 Å². The van der Waals surface area contributed by atoms with Gasteiger partial charge in [-0.05, 0) is 23.6 Å². The molecule has 0 nitrogen and oxygen atoms in total. The first-order valence-corrected chi connectivity index (χ1v) is 5.11. The van der Waals surface area contributed by atoms with Gasteiger partial charge in [-0.3, -0.25) is 0 Å². The van der Waals surface area contributed by atoms with Gasteiger partial charge in [0.1, 0.15) is 0 Å². The molecule has 0 saturated carbocycles. The van der Waals surface area contributed by atoms with Crippen LogP contribution < -0.4 is 0 Å². The zero-order chi connectivity index (χ0) is 10.3. The molecule has 2 rings (SSSR count). The number of hydrogen-bond donors (Lipinski definition) is 0. The fourth-order valence-corrected chi connectivity index (χ4v) is 1.43. The van der Waals surface area contributed by atoms with Crippen molar-refractivity contribution in [2.75, 3.05) is 0 Å². The van der Waals surface area contributed by atoms with Crippen LogP contribution in [-0.4, -0.2) is 0 Å². The maximum atomic E-state index is 3.29. The average Bonchev–Trinajstić information content (AvgIpc) is 2.32. The lowest BCUT2D eigenvalue weighted by atomic mass is 10.1. The molecule has 0 N–H and O–H groups in total. The van der Waals surface area contributed by atoms with Gasteiger partial charge in [-0.25, -0.2) is 0 Å². The summed E-state index contributed by atoms with van der Waals surface area (Å²) >= 11 is 0. The Kier molecular flexibility index (Phi) is 3.34. The molecule has 1 radical (unpaired) electrons. The summed E-state index contributed by atoms with van der Waals surface area (Å²) in [6, 6.07) is 20.6. The highest BCUT2D eigenvalue weighted by Crippen LogP contribution is 2.04. The highest BCUT2D eigenvalue weighted by atomic mass is 13.9. The summed E-state index contributed by atoms with van der Waals surface area (Å²) < 4.78 is 0. The Morgan fingerprint density at radius 2 is 1.40 bits per heavy atom. The van der Waals surface area contributed by atoms with Crippen LogP contribution in [0.25, 0.3) is 6.08 Å². The van der Waals surface area contributed by atoms with Gasteiger partial charge in [-0.15, -0.1) is 0 Å². The molecule has 0 spiro atoms. The van der Waals surface area contributed by atoms with Crippen LogP contribution in [0.15, 0.2) is 60.7 Å². The minimum absolute atomic E-state index is 0.871. The van der Waals surface area contributed by atoms with Gasteiger partial charge in [-0.2, -0.15) is 0 Å². The van der Waals surface area contributed by atoms with E-state index >= 15 is 0 Å². The third kappa shape index (κ3) is 3.10. The van der Waals surface area contributed by atoms with E-state index in [2.05, 4.69) is 42.5 Å². The van der Waals surface area contributed by atoms with Crippen LogP contribution in [-0.2, 0) is 6.42 Å². The standard InChI is InChI=1S/C15H13/c1-3-8-14(9-4-1)12-7-13-15-10-5-2-6-11-15/h1-6,8-12H,13H2. The zero-order valence-electron chi connectivity index (χ0n) is 8.56. The summed E-state index contributed by atoms with van der Waals surface area (Å²) in [5, 5.41) is 0. The van der Waals surface area contributed by atoms with E-state index in [0.717, 1.165) is 6.42 Å². The number of rotatable bonds is 3. The molecule has 2 aromatic rings. The number of hydrogen-bond acceptors (Lipinski definition) is 0. The lowest BCUT2D eigenvalue weighted by Crippen LogP contribution is -1.79. The van der Waals surface area contributed by atoms with Gasteiger partial charge in [0.25, 0.3) is 0 Å². The van der Waals surface area contributed by atoms with Crippen molar-refractivity contribution >= 4 is 6.08 Å². The van der Waals surface area contributed by atoms with Gasteiger partial charge in [0.15, 0.2) is 0 Å². The van der Waals surface area contributed by atoms with Crippen LogP contribution in [0.5, 0.6) is 0 Å². The van der Waals surface area contributed by atoms with Crippen molar-refractivity contribution in [3.63, 3.8) is 0 Å². The maximum absolute atomic E-state index is 3.29. The van der Waals surface area contributed by atoms with Crippen molar-refractivity contribution in [1.82, 2.24) is 0 Å². The molecule has 73 valence electrons. The number of allylic oxidation sites excluding steroid dienone is 1. The van der Waals surface area contributed by atoms with E-state index in [1.165, 1.54) is 11.1 Å².